The van der Waals surface area contributed by atoms with Crippen molar-refractivity contribution in [2.75, 3.05) is 13.2 Å². The predicted octanol–water partition coefficient (Wildman–Crippen LogP) is 10.3. The highest BCUT2D eigenvalue weighted by atomic mass is 16.5. The van der Waals surface area contributed by atoms with Crippen molar-refractivity contribution >= 4 is 44.5 Å². The smallest absolute Gasteiger partial charge is 0.127 e. The Morgan fingerprint density at radius 2 is 1.02 bits per heavy atom. The van der Waals surface area contributed by atoms with Crippen LogP contribution in [-0.2, 0) is 5.41 Å². The van der Waals surface area contributed by atoms with Gasteiger partial charge < -0.3 is 9.47 Å². The van der Waals surface area contributed by atoms with Gasteiger partial charge in [0.1, 0.15) is 24.7 Å². The number of hydrogen-bond acceptors (Lipinski definition) is 2. The zero-order valence-electron chi connectivity index (χ0n) is 24.6. The minimum Gasteiger partial charge on any atom is -0.489 e. The minimum absolute atomic E-state index is 0.511. The minimum atomic E-state index is -0.511. The van der Waals surface area contributed by atoms with Crippen LogP contribution in [0.25, 0.3) is 55.6 Å². The zero-order valence-corrected chi connectivity index (χ0v) is 24.6. The van der Waals surface area contributed by atoms with Gasteiger partial charge in [-0.2, -0.15) is 0 Å². The van der Waals surface area contributed by atoms with E-state index in [4.69, 9.17) is 9.47 Å². The van der Waals surface area contributed by atoms with Crippen LogP contribution in [0.15, 0.2) is 133 Å². The van der Waals surface area contributed by atoms with Crippen molar-refractivity contribution in [3.05, 3.63) is 167 Å². The maximum atomic E-state index is 5.96. The number of ether oxygens (including phenoxy) is 2. The van der Waals surface area contributed by atoms with Gasteiger partial charge in [0, 0.05) is 11.1 Å². The van der Waals surface area contributed by atoms with Gasteiger partial charge in [0.05, 0.1) is 5.41 Å². The highest BCUT2D eigenvalue weighted by Gasteiger charge is 2.46. The summed E-state index contributed by atoms with van der Waals surface area (Å²) in [6.45, 7) is 1.24. The lowest BCUT2D eigenvalue weighted by Crippen LogP contribution is -2.28. The van der Waals surface area contributed by atoms with E-state index in [1.807, 2.05) is 0 Å². The van der Waals surface area contributed by atoms with Crippen molar-refractivity contribution in [3.63, 3.8) is 0 Å². The first-order valence-corrected chi connectivity index (χ1v) is 15.7. The molecule has 0 N–H and O–H groups in total. The summed E-state index contributed by atoms with van der Waals surface area (Å²) in [4.78, 5) is 0. The molecule has 1 aliphatic carbocycles. The largest absolute Gasteiger partial charge is 0.489 e. The lowest BCUT2D eigenvalue weighted by Gasteiger charge is -2.34. The van der Waals surface area contributed by atoms with Crippen molar-refractivity contribution in [3.8, 4) is 22.6 Å². The van der Waals surface area contributed by atoms with Crippen LogP contribution in [0.2, 0.25) is 0 Å². The van der Waals surface area contributed by atoms with E-state index in [1.54, 1.807) is 0 Å². The van der Waals surface area contributed by atoms with Gasteiger partial charge in [-0.25, -0.2) is 0 Å². The van der Waals surface area contributed by atoms with E-state index in [-0.39, 0.29) is 0 Å². The van der Waals surface area contributed by atoms with Crippen LogP contribution in [-0.4, -0.2) is 13.2 Å². The quantitative estimate of drug-likeness (QED) is 0.204. The van der Waals surface area contributed by atoms with Gasteiger partial charge >= 0.3 is 0 Å². The molecule has 45 heavy (non-hydrogen) atoms. The van der Waals surface area contributed by atoms with E-state index in [0.29, 0.717) is 13.2 Å². The summed E-state index contributed by atoms with van der Waals surface area (Å²) in [7, 11) is 0. The van der Waals surface area contributed by atoms with Gasteiger partial charge in [-0.15, -0.1) is 0 Å². The summed E-state index contributed by atoms with van der Waals surface area (Å²) < 4.78 is 11.9. The molecule has 2 aliphatic heterocycles. The van der Waals surface area contributed by atoms with Crippen LogP contribution < -0.4 is 9.47 Å². The molecule has 3 aliphatic rings. The summed E-state index contributed by atoms with van der Waals surface area (Å²) in [5, 5.41) is 7.36. The van der Waals surface area contributed by atoms with E-state index in [0.717, 1.165) is 22.6 Å². The van der Waals surface area contributed by atoms with Crippen molar-refractivity contribution in [1.29, 1.82) is 0 Å². The van der Waals surface area contributed by atoms with Crippen molar-refractivity contribution in [1.82, 2.24) is 0 Å². The first kappa shape index (κ1) is 24.8. The monoisotopic (exact) mass is 576 g/mol. The molecule has 0 saturated carbocycles. The summed E-state index contributed by atoms with van der Waals surface area (Å²) in [6.07, 6.45) is 8.59. The Balaban J connectivity index is 1.32. The van der Waals surface area contributed by atoms with E-state index in [1.165, 1.54) is 65.7 Å². The molecule has 0 spiro atoms. The molecule has 0 saturated heterocycles. The first-order valence-electron chi connectivity index (χ1n) is 15.7. The van der Waals surface area contributed by atoms with Crippen molar-refractivity contribution in [2.24, 2.45) is 0 Å². The number of benzene rings is 7. The van der Waals surface area contributed by atoms with Gasteiger partial charge in [-0.3, -0.25) is 0 Å². The van der Waals surface area contributed by atoms with Crippen LogP contribution in [0.1, 0.15) is 33.4 Å². The molecule has 2 nitrogen and oxygen atoms in total. The number of fused-ring (bicyclic) bond motifs is 10. The average molecular weight is 577 g/mol. The summed E-state index contributed by atoms with van der Waals surface area (Å²) >= 11 is 0. The molecule has 0 radical (unpaired) electrons. The molecule has 0 bridgehead atoms. The predicted molar refractivity (Wildman–Crippen MR) is 185 cm³/mol. The van der Waals surface area contributed by atoms with Crippen molar-refractivity contribution in [2.45, 2.75) is 5.41 Å². The summed E-state index contributed by atoms with van der Waals surface area (Å²) in [5.74, 6) is 1.90. The molecular weight excluding hydrogens is 548 g/mol. The maximum absolute atomic E-state index is 5.96. The van der Waals surface area contributed by atoms with Gasteiger partial charge in [-0.05, 0) is 114 Å². The van der Waals surface area contributed by atoms with Gasteiger partial charge in [0.2, 0.25) is 0 Å². The fourth-order valence-corrected chi connectivity index (χ4v) is 8.09. The van der Waals surface area contributed by atoms with Crippen LogP contribution in [0.4, 0.5) is 0 Å². The second kappa shape index (κ2) is 9.20. The fourth-order valence-electron chi connectivity index (χ4n) is 8.09. The Morgan fingerprint density at radius 3 is 1.67 bits per heavy atom. The molecule has 7 aromatic carbocycles. The van der Waals surface area contributed by atoms with Gasteiger partial charge in [0.25, 0.3) is 0 Å². The van der Waals surface area contributed by atoms with Crippen LogP contribution in [0.5, 0.6) is 11.5 Å². The number of rotatable bonds is 2. The molecule has 0 atom stereocenters. The molecule has 0 aromatic heterocycles. The van der Waals surface area contributed by atoms with Gasteiger partial charge in [0.15, 0.2) is 0 Å². The molecule has 2 heterocycles. The van der Waals surface area contributed by atoms with Crippen LogP contribution >= 0.6 is 0 Å². The average Bonchev–Trinajstić information content (AvgIpc) is 3.40. The molecule has 10 rings (SSSR count). The Morgan fingerprint density at radius 1 is 0.444 bits per heavy atom. The first-order chi connectivity index (χ1) is 22.3. The third kappa shape index (κ3) is 3.40. The third-order valence-electron chi connectivity index (χ3n) is 10.1. The second-order valence-corrected chi connectivity index (χ2v) is 12.3. The highest BCUT2D eigenvalue weighted by molar-refractivity contribution is 6.00. The number of hydrogen-bond donors (Lipinski definition) is 0. The molecule has 7 aromatic rings. The van der Waals surface area contributed by atoms with Gasteiger partial charge in [-0.1, -0.05) is 97.1 Å². The highest BCUT2D eigenvalue weighted by Crippen LogP contribution is 2.57. The van der Waals surface area contributed by atoms with Crippen molar-refractivity contribution < 1.29 is 9.47 Å². The zero-order chi connectivity index (χ0) is 29.5. The molecule has 0 fully saturated rings. The van der Waals surface area contributed by atoms with E-state index >= 15 is 0 Å². The second-order valence-electron chi connectivity index (χ2n) is 12.3. The Kier molecular flexibility index (Phi) is 5.07. The molecule has 212 valence electrons. The van der Waals surface area contributed by atoms with E-state index < -0.39 is 5.41 Å². The Bertz CT molecular complexity index is 2340. The molecular formula is C43H28O2. The summed E-state index contributed by atoms with van der Waals surface area (Å²) in [6, 6.07) is 45.3. The normalized spacial score (nSPS) is 15.3. The van der Waals surface area contributed by atoms with E-state index in [2.05, 4.69) is 146 Å². The third-order valence-corrected chi connectivity index (χ3v) is 10.1. The molecule has 2 heteroatoms. The lowest BCUT2D eigenvalue weighted by atomic mass is 9.67. The fraction of sp³-hybridized carbons (Fsp3) is 0.0698. The SMILES string of the molecule is C1=Cc2c(ccc3cc(C4(c5ccc6c7c(ccc6c5)OCC=C7)c5ccccc5-c5cc6ccccc6cc54)ccc23)OC1. The molecule has 0 unspecified atom stereocenters. The van der Waals surface area contributed by atoms with Crippen LogP contribution in [0, 0.1) is 0 Å². The lowest BCUT2D eigenvalue weighted by molar-refractivity contribution is 0.359. The Hall–Kier alpha value is -5.60. The summed E-state index contributed by atoms with van der Waals surface area (Å²) in [5.41, 5.74) is 9.56. The standard InChI is InChI=1S/C43H28O2/c1-2-8-28-26-40-38(25-27(28)7-1)35-9-3-4-12-39(35)43(40,31-15-17-33-29(23-31)13-19-41-36(33)10-5-21-44-41)32-16-18-34-30(24-32)14-20-42-37(34)11-6-22-45-42/h1-20,23-26H,21-22H2. The van der Waals surface area contributed by atoms with E-state index in [9.17, 15) is 0 Å². The van der Waals surface area contributed by atoms with Crippen LogP contribution in [0.3, 0.4) is 0 Å². The Labute approximate surface area is 261 Å². The topological polar surface area (TPSA) is 18.5 Å². The maximum Gasteiger partial charge on any atom is 0.127 e. The molecule has 0 amide bonds.